The summed E-state index contributed by atoms with van der Waals surface area (Å²) in [5.41, 5.74) is 6.49. The van der Waals surface area contributed by atoms with E-state index < -0.39 is 15.6 Å². The van der Waals surface area contributed by atoms with E-state index >= 15 is 0 Å². The highest BCUT2D eigenvalue weighted by atomic mass is 35.5. The molecule has 0 saturated heterocycles. The van der Waals surface area contributed by atoms with Gasteiger partial charge in [0.1, 0.15) is 0 Å². The van der Waals surface area contributed by atoms with Gasteiger partial charge in [0.05, 0.1) is 4.90 Å². The predicted octanol–water partition coefficient (Wildman–Crippen LogP) is 2.96. The Labute approximate surface area is 140 Å². The summed E-state index contributed by atoms with van der Waals surface area (Å²) >= 11 is 0. The Morgan fingerprint density at radius 1 is 1.14 bits per heavy atom. The largest absolute Gasteiger partial charge is 0.329 e. The number of sulfonamides is 1. The SMILES string of the molecule is CC(C)(C)c1ccc(S(=O)(=O)NC2(CN)CCCC2)cc1.Cl. The summed E-state index contributed by atoms with van der Waals surface area (Å²) in [5, 5.41) is 0. The fraction of sp³-hybridized carbons (Fsp3) is 0.625. The van der Waals surface area contributed by atoms with Crippen molar-refractivity contribution in [1.82, 2.24) is 4.72 Å². The van der Waals surface area contributed by atoms with E-state index in [9.17, 15) is 8.42 Å². The first-order valence-corrected chi connectivity index (χ1v) is 9.02. The minimum absolute atomic E-state index is 0. The molecule has 4 nitrogen and oxygen atoms in total. The predicted molar refractivity (Wildman–Crippen MR) is 93.0 cm³/mol. The highest BCUT2D eigenvalue weighted by Crippen LogP contribution is 2.31. The van der Waals surface area contributed by atoms with Gasteiger partial charge in [0.25, 0.3) is 0 Å². The molecule has 0 aliphatic heterocycles. The van der Waals surface area contributed by atoms with Crippen LogP contribution >= 0.6 is 12.4 Å². The van der Waals surface area contributed by atoms with E-state index in [1.807, 2.05) is 12.1 Å². The Kier molecular flexibility index (Phi) is 6.07. The van der Waals surface area contributed by atoms with E-state index in [0.717, 1.165) is 31.2 Å². The van der Waals surface area contributed by atoms with Crippen LogP contribution in [0.2, 0.25) is 0 Å². The summed E-state index contributed by atoms with van der Waals surface area (Å²) in [4.78, 5) is 0.315. The van der Waals surface area contributed by atoms with Gasteiger partial charge in [-0.15, -0.1) is 12.4 Å². The van der Waals surface area contributed by atoms with Gasteiger partial charge in [-0.3, -0.25) is 0 Å². The number of rotatable bonds is 4. The monoisotopic (exact) mass is 346 g/mol. The smallest absolute Gasteiger partial charge is 0.241 e. The molecular weight excluding hydrogens is 320 g/mol. The van der Waals surface area contributed by atoms with Crippen molar-refractivity contribution in [1.29, 1.82) is 0 Å². The lowest BCUT2D eigenvalue weighted by Crippen LogP contribution is -2.51. The molecule has 0 bridgehead atoms. The van der Waals surface area contributed by atoms with Crippen LogP contribution in [0.5, 0.6) is 0 Å². The van der Waals surface area contributed by atoms with Gasteiger partial charge in [-0.25, -0.2) is 13.1 Å². The summed E-state index contributed by atoms with van der Waals surface area (Å²) in [6, 6.07) is 7.14. The molecule has 0 spiro atoms. The molecule has 1 aromatic rings. The summed E-state index contributed by atoms with van der Waals surface area (Å²) in [6.45, 7) is 6.68. The van der Waals surface area contributed by atoms with Gasteiger partial charge in [0, 0.05) is 12.1 Å². The molecule has 22 heavy (non-hydrogen) atoms. The van der Waals surface area contributed by atoms with Crippen molar-refractivity contribution in [2.24, 2.45) is 5.73 Å². The Bertz CT molecular complexity index is 586. The molecule has 126 valence electrons. The fourth-order valence-electron chi connectivity index (χ4n) is 2.88. The molecule has 1 fully saturated rings. The first-order valence-electron chi connectivity index (χ1n) is 7.53. The molecule has 0 unspecified atom stereocenters. The van der Waals surface area contributed by atoms with Crippen LogP contribution in [0.15, 0.2) is 29.2 Å². The molecule has 0 heterocycles. The average molecular weight is 347 g/mol. The Hall–Kier alpha value is -0.620. The van der Waals surface area contributed by atoms with E-state index in [-0.39, 0.29) is 17.8 Å². The molecule has 0 aromatic heterocycles. The second-order valence-electron chi connectivity index (χ2n) is 7.07. The average Bonchev–Trinajstić information content (AvgIpc) is 2.86. The topological polar surface area (TPSA) is 72.2 Å². The third-order valence-corrected chi connectivity index (χ3v) is 5.93. The van der Waals surface area contributed by atoms with Crippen molar-refractivity contribution in [3.63, 3.8) is 0 Å². The van der Waals surface area contributed by atoms with E-state index in [4.69, 9.17) is 5.73 Å². The second-order valence-corrected chi connectivity index (χ2v) is 8.75. The highest BCUT2D eigenvalue weighted by molar-refractivity contribution is 7.89. The molecular formula is C16H27ClN2O2S. The third kappa shape index (κ3) is 4.22. The van der Waals surface area contributed by atoms with Crippen LogP contribution in [0.3, 0.4) is 0 Å². The normalized spacial score (nSPS) is 18.0. The molecule has 6 heteroatoms. The number of nitrogens with one attached hydrogen (secondary N) is 1. The van der Waals surface area contributed by atoms with E-state index in [1.54, 1.807) is 12.1 Å². The molecule has 1 saturated carbocycles. The van der Waals surface area contributed by atoms with Gasteiger partial charge in [-0.2, -0.15) is 0 Å². The number of halogens is 1. The van der Waals surface area contributed by atoms with Crippen LogP contribution in [0, 0.1) is 0 Å². The molecule has 0 amide bonds. The maximum Gasteiger partial charge on any atom is 0.241 e. The maximum atomic E-state index is 12.5. The molecule has 0 atom stereocenters. The second kappa shape index (κ2) is 6.87. The summed E-state index contributed by atoms with van der Waals surface area (Å²) in [5.74, 6) is 0. The molecule has 0 radical (unpaired) electrons. The lowest BCUT2D eigenvalue weighted by atomic mass is 9.87. The fourth-order valence-corrected chi connectivity index (χ4v) is 4.35. The minimum atomic E-state index is -3.51. The van der Waals surface area contributed by atoms with Crippen LogP contribution in [-0.4, -0.2) is 20.5 Å². The van der Waals surface area contributed by atoms with Crippen LogP contribution < -0.4 is 10.5 Å². The van der Waals surface area contributed by atoms with Crippen molar-refractivity contribution in [2.75, 3.05) is 6.54 Å². The molecule has 1 aliphatic rings. The lowest BCUT2D eigenvalue weighted by Gasteiger charge is -2.28. The van der Waals surface area contributed by atoms with Crippen LogP contribution in [-0.2, 0) is 15.4 Å². The highest BCUT2D eigenvalue weighted by Gasteiger charge is 2.36. The quantitative estimate of drug-likeness (QED) is 0.880. The first kappa shape index (κ1) is 19.4. The zero-order valence-corrected chi connectivity index (χ0v) is 15.2. The van der Waals surface area contributed by atoms with Crippen LogP contribution in [0.4, 0.5) is 0 Å². The Morgan fingerprint density at radius 3 is 2.05 bits per heavy atom. The molecule has 2 rings (SSSR count). The zero-order chi connectivity index (χ0) is 15.7. The van der Waals surface area contributed by atoms with Crippen molar-refractivity contribution in [3.8, 4) is 0 Å². The summed E-state index contributed by atoms with van der Waals surface area (Å²) in [7, 11) is -3.51. The van der Waals surface area contributed by atoms with E-state index in [1.165, 1.54) is 0 Å². The molecule has 1 aliphatic carbocycles. The van der Waals surface area contributed by atoms with Crippen molar-refractivity contribution in [3.05, 3.63) is 29.8 Å². The maximum absolute atomic E-state index is 12.5. The lowest BCUT2D eigenvalue weighted by molar-refractivity contribution is 0.399. The van der Waals surface area contributed by atoms with Crippen LogP contribution in [0.1, 0.15) is 52.0 Å². The standard InChI is InChI=1S/C16H26N2O2S.ClH/c1-15(2,3)13-6-8-14(9-7-13)21(19,20)18-16(12-17)10-4-5-11-16;/h6-9,18H,4-5,10-12,17H2,1-3H3;1H. The van der Waals surface area contributed by atoms with E-state index in [0.29, 0.717) is 11.4 Å². The minimum Gasteiger partial charge on any atom is -0.329 e. The molecule has 3 N–H and O–H groups in total. The van der Waals surface area contributed by atoms with Gasteiger partial charge in [-0.05, 0) is 36.0 Å². The zero-order valence-electron chi connectivity index (χ0n) is 13.6. The van der Waals surface area contributed by atoms with Crippen molar-refractivity contribution < 1.29 is 8.42 Å². The van der Waals surface area contributed by atoms with Gasteiger partial charge >= 0.3 is 0 Å². The van der Waals surface area contributed by atoms with Crippen molar-refractivity contribution >= 4 is 22.4 Å². The number of hydrogen-bond acceptors (Lipinski definition) is 3. The number of hydrogen-bond donors (Lipinski definition) is 2. The summed E-state index contributed by atoms with van der Waals surface area (Å²) in [6.07, 6.45) is 3.71. The van der Waals surface area contributed by atoms with Gasteiger partial charge in [0.2, 0.25) is 10.0 Å². The van der Waals surface area contributed by atoms with Gasteiger partial charge < -0.3 is 5.73 Å². The van der Waals surface area contributed by atoms with Gasteiger partial charge in [-0.1, -0.05) is 45.7 Å². The van der Waals surface area contributed by atoms with Crippen LogP contribution in [0.25, 0.3) is 0 Å². The Morgan fingerprint density at radius 2 is 1.64 bits per heavy atom. The molecule has 1 aromatic carbocycles. The number of benzene rings is 1. The summed E-state index contributed by atoms with van der Waals surface area (Å²) < 4.78 is 27.9. The van der Waals surface area contributed by atoms with Crippen molar-refractivity contribution in [2.45, 2.75) is 62.3 Å². The number of nitrogens with two attached hydrogens (primary N) is 1. The van der Waals surface area contributed by atoms with Gasteiger partial charge in [0.15, 0.2) is 0 Å². The Balaban J connectivity index is 0.00000242. The first-order chi connectivity index (χ1) is 9.69. The third-order valence-electron chi connectivity index (χ3n) is 4.33. The van der Waals surface area contributed by atoms with E-state index in [2.05, 4.69) is 25.5 Å².